The van der Waals surface area contributed by atoms with Crippen LogP contribution in [0.3, 0.4) is 0 Å². The van der Waals surface area contributed by atoms with Gasteiger partial charge in [0.05, 0.1) is 0 Å². The summed E-state index contributed by atoms with van der Waals surface area (Å²) >= 11 is 0. The highest BCUT2D eigenvalue weighted by molar-refractivity contribution is 5.73. The third kappa shape index (κ3) is 6.24. The van der Waals surface area contributed by atoms with Gasteiger partial charge in [0.15, 0.2) is 0 Å². The number of halogens is 1. The van der Waals surface area contributed by atoms with Crippen LogP contribution in [-0.2, 0) is 13.0 Å². The maximum Gasteiger partial charge on any atom is 0.315 e. The largest absolute Gasteiger partial charge is 0.357 e. The molecule has 1 aromatic carbocycles. The molecule has 27 heavy (non-hydrogen) atoms. The van der Waals surface area contributed by atoms with E-state index in [0.29, 0.717) is 19.5 Å². The molecule has 0 spiro atoms. The predicted molar refractivity (Wildman–Crippen MR) is 105 cm³/mol. The molecule has 0 saturated carbocycles. The van der Waals surface area contributed by atoms with Crippen LogP contribution in [-0.4, -0.2) is 30.6 Å². The summed E-state index contributed by atoms with van der Waals surface area (Å²) in [6.07, 6.45) is 7.46. The van der Waals surface area contributed by atoms with Gasteiger partial charge in [0.2, 0.25) is 0 Å². The van der Waals surface area contributed by atoms with Crippen molar-refractivity contribution in [3.05, 3.63) is 59.5 Å². The molecule has 0 unspecified atom stereocenters. The SMILES string of the molecule is O=C(NCCc1cccc(F)c1)NCc1ccc(N2CCCCCC2)nc1. The Morgan fingerprint density at radius 3 is 2.56 bits per heavy atom. The lowest BCUT2D eigenvalue weighted by atomic mass is 10.1. The molecule has 1 aromatic heterocycles. The molecule has 6 heteroatoms. The van der Waals surface area contributed by atoms with Crippen molar-refractivity contribution >= 4 is 11.8 Å². The van der Waals surface area contributed by atoms with Crippen LogP contribution >= 0.6 is 0 Å². The first-order valence-corrected chi connectivity index (χ1v) is 9.67. The Kier molecular flexibility index (Phi) is 7.02. The average Bonchev–Trinajstić information content (AvgIpc) is 2.96. The fourth-order valence-electron chi connectivity index (χ4n) is 3.27. The Bertz CT molecular complexity index is 727. The van der Waals surface area contributed by atoms with Gasteiger partial charge in [-0.2, -0.15) is 0 Å². The van der Waals surface area contributed by atoms with E-state index in [0.717, 1.165) is 30.0 Å². The Morgan fingerprint density at radius 1 is 1.04 bits per heavy atom. The fraction of sp³-hybridized carbons (Fsp3) is 0.429. The summed E-state index contributed by atoms with van der Waals surface area (Å²) in [6.45, 7) is 3.02. The Labute approximate surface area is 160 Å². The maximum atomic E-state index is 13.1. The van der Waals surface area contributed by atoms with Gasteiger partial charge in [-0.15, -0.1) is 0 Å². The number of anilines is 1. The molecule has 0 bridgehead atoms. The zero-order chi connectivity index (χ0) is 18.9. The van der Waals surface area contributed by atoms with E-state index in [1.165, 1.54) is 37.8 Å². The number of nitrogens with one attached hydrogen (secondary N) is 2. The van der Waals surface area contributed by atoms with Gasteiger partial charge in [-0.3, -0.25) is 0 Å². The molecule has 2 N–H and O–H groups in total. The molecule has 1 aliphatic rings. The molecule has 5 nitrogen and oxygen atoms in total. The van der Waals surface area contributed by atoms with Crippen LogP contribution in [0.4, 0.5) is 15.0 Å². The summed E-state index contributed by atoms with van der Waals surface area (Å²) in [5, 5.41) is 5.62. The van der Waals surface area contributed by atoms with E-state index in [1.54, 1.807) is 6.07 Å². The minimum atomic E-state index is -0.256. The van der Waals surface area contributed by atoms with Crippen LogP contribution in [0, 0.1) is 5.82 Å². The summed E-state index contributed by atoms with van der Waals surface area (Å²) in [5.41, 5.74) is 1.83. The topological polar surface area (TPSA) is 57.3 Å². The van der Waals surface area contributed by atoms with E-state index in [-0.39, 0.29) is 11.8 Å². The summed E-state index contributed by atoms with van der Waals surface area (Å²) in [7, 11) is 0. The van der Waals surface area contributed by atoms with Gasteiger partial charge in [-0.25, -0.2) is 14.2 Å². The first kappa shape index (κ1) is 19.1. The Balaban J connectivity index is 1.39. The molecular formula is C21H27FN4O. The van der Waals surface area contributed by atoms with E-state index >= 15 is 0 Å². The third-order valence-corrected chi connectivity index (χ3v) is 4.78. The highest BCUT2D eigenvalue weighted by Crippen LogP contribution is 2.17. The molecular weight excluding hydrogens is 343 g/mol. The van der Waals surface area contributed by atoms with Crippen LogP contribution in [0.15, 0.2) is 42.6 Å². The van der Waals surface area contributed by atoms with Gasteiger partial charge in [-0.1, -0.05) is 31.0 Å². The van der Waals surface area contributed by atoms with Crippen molar-refractivity contribution in [2.45, 2.75) is 38.6 Å². The zero-order valence-electron chi connectivity index (χ0n) is 15.6. The zero-order valence-corrected chi connectivity index (χ0v) is 15.6. The second kappa shape index (κ2) is 9.90. The number of pyridine rings is 1. The van der Waals surface area contributed by atoms with Gasteiger partial charge >= 0.3 is 6.03 Å². The van der Waals surface area contributed by atoms with E-state index in [9.17, 15) is 9.18 Å². The van der Waals surface area contributed by atoms with Crippen molar-refractivity contribution in [1.29, 1.82) is 0 Å². The number of nitrogens with zero attached hydrogens (tertiary/aromatic N) is 2. The van der Waals surface area contributed by atoms with Crippen molar-refractivity contribution in [3.63, 3.8) is 0 Å². The number of rotatable bonds is 6. The standard InChI is InChI=1S/C21H27FN4O/c22-19-7-5-6-17(14-19)10-11-23-21(27)25-16-18-8-9-20(24-15-18)26-12-3-1-2-4-13-26/h5-9,14-15H,1-4,10-13,16H2,(H2,23,25,27). The second-order valence-electron chi connectivity index (χ2n) is 6.92. The lowest BCUT2D eigenvalue weighted by molar-refractivity contribution is 0.240. The minimum absolute atomic E-state index is 0.233. The molecule has 1 aliphatic heterocycles. The number of carbonyl (C=O) groups excluding carboxylic acids is 1. The minimum Gasteiger partial charge on any atom is -0.357 e. The highest BCUT2D eigenvalue weighted by Gasteiger charge is 2.10. The molecule has 0 atom stereocenters. The number of urea groups is 1. The van der Waals surface area contributed by atoms with Gasteiger partial charge in [-0.05, 0) is 48.6 Å². The molecule has 144 valence electrons. The smallest absolute Gasteiger partial charge is 0.315 e. The van der Waals surface area contributed by atoms with Crippen LogP contribution in [0.25, 0.3) is 0 Å². The van der Waals surface area contributed by atoms with Crippen LogP contribution < -0.4 is 15.5 Å². The summed E-state index contributed by atoms with van der Waals surface area (Å²) < 4.78 is 13.1. The van der Waals surface area contributed by atoms with Gasteiger partial charge in [0, 0.05) is 32.4 Å². The van der Waals surface area contributed by atoms with Gasteiger partial charge in [0.1, 0.15) is 11.6 Å². The van der Waals surface area contributed by atoms with Crippen LogP contribution in [0.1, 0.15) is 36.8 Å². The van der Waals surface area contributed by atoms with Gasteiger partial charge in [0.25, 0.3) is 0 Å². The quantitative estimate of drug-likeness (QED) is 0.816. The second-order valence-corrected chi connectivity index (χ2v) is 6.92. The third-order valence-electron chi connectivity index (χ3n) is 4.78. The summed E-state index contributed by atoms with van der Waals surface area (Å²) in [6, 6.07) is 10.2. The Morgan fingerprint density at radius 2 is 1.85 bits per heavy atom. The number of aromatic nitrogens is 1. The fourth-order valence-corrected chi connectivity index (χ4v) is 3.27. The molecule has 0 aliphatic carbocycles. The number of amides is 2. The number of carbonyl (C=O) groups is 1. The predicted octanol–water partition coefficient (Wildman–Crippen LogP) is 3.64. The van der Waals surface area contributed by atoms with Crippen molar-refractivity contribution in [1.82, 2.24) is 15.6 Å². The van der Waals surface area contributed by atoms with E-state index < -0.39 is 0 Å². The molecule has 2 amide bonds. The monoisotopic (exact) mass is 370 g/mol. The summed E-state index contributed by atoms with van der Waals surface area (Å²) in [5.74, 6) is 0.758. The lowest BCUT2D eigenvalue weighted by Gasteiger charge is -2.21. The molecule has 0 radical (unpaired) electrons. The van der Waals surface area contributed by atoms with Crippen molar-refractivity contribution in [3.8, 4) is 0 Å². The van der Waals surface area contributed by atoms with Gasteiger partial charge < -0.3 is 15.5 Å². The maximum absolute atomic E-state index is 13.1. The van der Waals surface area contributed by atoms with E-state index in [1.807, 2.05) is 24.4 Å². The average molecular weight is 370 g/mol. The number of benzene rings is 1. The van der Waals surface area contributed by atoms with Crippen LogP contribution in [0.2, 0.25) is 0 Å². The van der Waals surface area contributed by atoms with Crippen molar-refractivity contribution in [2.75, 3.05) is 24.5 Å². The van der Waals surface area contributed by atoms with E-state index in [2.05, 4.69) is 20.5 Å². The summed E-state index contributed by atoms with van der Waals surface area (Å²) in [4.78, 5) is 18.8. The van der Waals surface area contributed by atoms with Crippen molar-refractivity contribution in [2.24, 2.45) is 0 Å². The normalized spacial score (nSPS) is 14.5. The first-order valence-electron chi connectivity index (χ1n) is 9.67. The lowest BCUT2D eigenvalue weighted by Crippen LogP contribution is -2.36. The molecule has 1 fully saturated rings. The number of hydrogen-bond acceptors (Lipinski definition) is 3. The molecule has 1 saturated heterocycles. The van der Waals surface area contributed by atoms with Crippen LogP contribution in [0.5, 0.6) is 0 Å². The number of hydrogen-bond donors (Lipinski definition) is 2. The molecule has 2 aromatic rings. The Hall–Kier alpha value is -2.63. The molecule has 3 rings (SSSR count). The molecule has 2 heterocycles. The highest BCUT2D eigenvalue weighted by atomic mass is 19.1. The van der Waals surface area contributed by atoms with Crippen molar-refractivity contribution < 1.29 is 9.18 Å². The van der Waals surface area contributed by atoms with E-state index in [4.69, 9.17) is 0 Å². The first-order chi connectivity index (χ1) is 13.2.